The molecule has 4 heterocycles. The molecule has 0 radical (unpaired) electrons. The molecule has 39 heavy (non-hydrogen) atoms. The number of aromatic nitrogens is 3. The number of nitrogens with zero attached hydrogens (tertiary/aromatic N) is 5. The van der Waals surface area contributed by atoms with E-state index in [1.165, 1.54) is 11.6 Å². The van der Waals surface area contributed by atoms with Crippen LogP contribution in [0.5, 0.6) is 5.88 Å². The average molecular weight is 530 g/mol. The smallest absolute Gasteiger partial charge is 0.354 e. The van der Waals surface area contributed by atoms with Gasteiger partial charge >= 0.3 is 5.97 Å². The van der Waals surface area contributed by atoms with E-state index in [1.807, 2.05) is 47.9 Å². The van der Waals surface area contributed by atoms with Crippen LogP contribution in [-0.2, 0) is 29.0 Å². The first kappa shape index (κ1) is 26.8. The van der Waals surface area contributed by atoms with E-state index in [0.717, 1.165) is 56.9 Å². The van der Waals surface area contributed by atoms with Gasteiger partial charge in [0.2, 0.25) is 5.88 Å². The predicted molar refractivity (Wildman–Crippen MR) is 149 cm³/mol. The second-order valence-electron chi connectivity index (χ2n) is 10.1. The van der Waals surface area contributed by atoms with Gasteiger partial charge in [-0.2, -0.15) is 0 Å². The number of piperidine rings is 1. The highest BCUT2D eigenvalue weighted by molar-refractivity contribution is 6.40. The third-order valence-electron chi connectivity index (χ3n) is 7.20. The Kier molecular flexibility index (Phi) is 8.48. The van der Waals surface area contributed by atoms with Crippen molar-refractivity contribution in [1.29, 1.82) is 0 Å². The number of aliphatic imine (C=N–C) groups is 1. The van der Waals surface area contributed by atoms with Gasteiger partial charge in [-0.1, -0.05) is 43.0 Å². The molecule has 0 spiro atoms. The fraction of sp³-hybridized carbons (Fsp3) is 0.400. The van der Waals surface area contributed by atoms with E-state index in [9.17, 15) is 9.90 Å². The molecule has 0 aliphatic carbocycles. The van der Waals surface area contributed by atoms with Gasteiger partial charge in [-0.25, -0.2) is 19.8 Å². The number of hydrogen-bond acceptors (Lipinski definition) is 7. The summed E-state index contributed by atoms with van der Waals surface area (Å²) in [6.07, 6.45) is 4.98. The zero-order chi connectivity index (χ0) is 27.2. The van der Waals surface area contributed by atoms with Crippen LogP contribution in [-0.4, -0.2) is 68.1 Å². The van der Waals surface area contributed by atoms with Gasteiger partial charge in [0.1, 0.15) is 17.6 Å². The maximum absolute atomic E-state index is 11.6. The summed E-state index contributed by atoms with van der Waals surface area (Å²) in [6.45, 7) is 9.19. The molecule has 0 amide bonds. The van der Waals surface area contributed by atoms with Crippen LogP contribution in [0, 0.1) is 6.92 Å². The Labute approximate surface area is 228 Å². The third-order valence-corrected chi connectivity index (χ3v) is 7.20. The van der Waals surface area contributed by atoms with Gasteiger partial charge in [0, 0.05) is 37.9 Å². The largest absolute Gasteiger partial charge is 0.477 e. The van der Waals surface area contributed by atoms with E-state index in [1.54, 1.807) is 0 Å². The maximum atomic E-state index is 11.6. The lowest BCUT2D eigenvalue weighted by atomic mass is 10.1. The number of rotatable bonds is 11. The summed E-state index contributed by atoms with van der Waals surface area (Å²) in [5.74, 6) is 0.982. The molecule has 0 unspecified atom stereocenters. The van der Waals surface area contributed by atoms with Crippen LogP contribution in [0.1, 0.15) is 42.0 Å². The van der Waals surface area contributed by atoms with Crippen molar-refractivity contribution >= 4 is 17.5 Å². The van der Waals surface area contributed by atoms with Gasteiger partial charge in [0.25, 0.3) is 0 Å². The van der Waals surface area contributed by atoms with Crippen LogP contribution < -0.4 is 4.74 Å². The molecule has 2 aliphatic rings. The standard InChI is InChI=1S/C30H35N5O4/c1-3-26(30(36)37)33-29-21(2)31-27(35(29)19-25-14-17-38-25)20-34-15-12-24(13-16-34)39-28-11-7-10-23(32-28)18-22-8-5-4-6-9-22/h3-11,24-25H,1,12-20H2,2H3,(H,36,37)/b33-26+/t25-/m0/s1. The number of benzene rings is 1. The summed E-state index contributed by atoms with van der Waals surface area (Å²) in [7, 11) is 0. The average Bonchev–Trinajstić information content (AvgIpc) is 3.19. The zero-order valence-corrected chi connectivity index (χ0v) is 22.3. The Morgan fingerprint density at radius 3 is 2.59 bits per heavy atom. The van der Waals surface area contributed by atoms with Crippen molar-refractivity contribution in [2.24, 2.45) is 4.99 Å². The number of aliphatic carboxylic acids is 1. The first-order valence-corrected chi connectivity index (χ1v) is 13.5. The number of aryl methyl sites for hydroxylation is 1. The van der Waals surface area contributed by atoms with Crippen LogP contribution in [0.3, 0.4) is 0 Å². The summed E-state index contributed by atoms with van der Waals surface area (Å²) < 4.78 is 14.0. The number of likely N-dealkylation sites (tertiary alicyclic amines) is 1. The lowest BCUT2D eigenvalue weighted by Gasteiger charge is -2.32. The van der Waals surface area contributed by atoms with Gasteiger partial charge in [0.15, 0.2) is 5.82 Å². The van der Waals surface area contributed by atoms with Gasteiger partial charge in [-0.05, 0) is 43.9 Å². The van der Waals surface area contributed by atoms with Crippen molar-refractivity contribution in [2.75, 3.05) is 19.7 Å². The van der Waals surface area contributed by atoms with E-state index >= 15 is 0 Å². The molecule has 2 aliphatic heterocycles. The van der Waals surface area contributed by atoms with Crippen molar-refractivity contribution in [3.05, 3.63) is 84.0 Å². The number of imidazole rings is 1. The molecule has 2 saturated heterocycles. The maximum Gasteiger partial charge on any atom is 0.354 e. The summed E-state index contributed by atoms with van der Waals surface area (Å²) in [5.41, 5.74) is 2.82. The van der Waals surface area contributed by atoms with E-state index in [-0.39, 0.29) is 17.9 Å². The number of carboxylic acid groups (broad SMARTS) is 1. The van der Waals surface area contributed by atoms with Crippen LogP contribution >= 0.6 is 0 Å². The lowest BCUT2D eigenvalue weighted by molar-refractivity contribution is -0.129. The zero-order valence-electron chi connectivity index (χ0n) is 22.3. The Balaban J connectivity index is 1.22. The number of ether oxygens (including phenoxy) is 2. The van der Waals surface area contributed by atoms with Gasteiger partial charge in [-0.15, -0.1) is 0 Å². The Morgan fingerprint density at radius 2 is 1.92 bits per heavy atom. The van der Waals surface area contributed by atoms with Gasteiger partial charge < -0.3 is 19.1 Å². The monoisotopic (exact) mass is 529 g/mol. The molecule has 1 aromatic carbocycles. The first-order chi connectivity index (χ1) is 19.0. The Morgan fingerprint density at radius 1 is 1.15 bits per heavy atom. The summed E-state index contributed by atoms with van der Waals surface area (Å²) >= 11 is 0. The molecule has 1 atom stereocenters. The van der Waals surface area contributed by atoms with Crippen LogP contribution in [0.4, 0.5) is 5.82 Å². The van der Waals surface area contributed by atoms with E-state index < -0.39 is 5.97 Å². The third kappa shape index (κ3) is 6.79. The van der Waals surface area contributed by atoms with Crippen molar-refractivity contribution in [2.45, 2.75) is 57.9 Å². The lowest BCUT2D eigenvalue weighted by Crippen LogP contribution is -2.39. The molecule has 2 fully saturated rings. The quantitative estimate of drug-likeness (QED) is 0.369. The molecule has 9 nitrogen and oxygen atoms in total. The number of carbonyl (C=O) groups is 1. The molecule has 0 saturated carbocycles. The Hall–Kier alpha value is -3.82. The minimum Gasteiger partial charge on any atom is -0.477 e. The SMILES string of the molecule is C=C/C(=N\c1c(C)nc(CN2CCC(Oc3cccc(Cc4ccccc4)n3)CC2)n1C[C@@H]1CCO1)C(=O)O. The highest BCUT2D eigenvalue weighted by Gasteiger charge is 2.27. The molecular weight excluding hydrogens is 494 g/mol. The van der Waals surface area contributed by atoms with Crippen molar-refractivity contribution in [3.63, 3.8) is 0 Å². The first-order valence-electron chi connectivity index (χ1n) is 13.5. The molecule has 9 heteroatoms. The minimum atomic E-state index is -1.11. The summed E-state index contributed by atoms with van der Waals surface area (Å²) in [6, 6.07) is 16.3. The molecular formula is C30H35N5O4. The summed E-state index contributed by atoms with van der Waals surface area (Å²) in [5, 5.41) is 9.45. The van der Waals surface area contributed by atoms with E-state index in [2.05, 4.69) is 28.6 Å². The fourth-order valence-electron chi connectivity index (χ4n) is 4.98. The highest BCUT2D eigenvalue weighted by atomic mass is 16.5. The van der Waals surface area contributed by atoms with Crippen LogP contribution in [0.15, 0.2) is 66.2 Å². The second-order valence-corrected chi connectivity index (χ2v) is 10.1. The van der Waals surface area contributed by atoms with Crippen molar-refractivity contribution in [3.8, 4) is 5.88 Å². The molecule has 3 aromatic rings. The number of carboxylic acids is 1. The van der Waals surface area contributed by atoms with E-state index in [0.29, 0.717) is 30.5 Å². The number of hydrogen-bond donors (Lipinski definition) is 1. The van der Waals surface area contributed by atoms with Crippen molar-refractivity contribution in [1.82, 2.24) is 19.4 Å². The molecule has 2 aromatic heterocycles. The van der Waals surface area contributed by atoms with Crippen molar-refractivity contribution < 1.29 is 19.4 Å². The highest BCUT2D eigenvalue weighted by Crippen LogP contribution is 2.27. The van der Waals surface area contributed by atoms with E-state index in [4.69, 9.17) is 19.4 Å². The topological polar surface area (TPSA) is 102 Å². The molecule has 204 valence electrons. The molecule has 1 N–H and O–H groups in total. The second kappa shape index (κ2) is 12.4. The van der Waals surface area contributed by atoms with Gasteiger partial charge in [-0.3, -0.25) is 4.90 Å². The normalized spacial score (nSPS) is 18.5. The molecule has 5 rings (SSSR count). The Bertz CT molecular complexity index is 1320. The van der Waals surface area contributed by atoms with Crippen LogP contribution in [0.25, 0.3) is 0 Å². The predicted octanol–water partition coefficient (Wildman–Crippen LogP) is 4.35. The van der Waals surface area contributed by atoms with Gasteiger partial charge in [0.05, 0.1) is 24.9 Å². The fourth-order valence-corrected chi connectivity index (χ4v) is 4.98. The minimum absolute atomic E-state index is 0.0904. The summed E-state index contributed by atoms with van der Waals surface area (Å²) in [4.78, 5) is 27.8. The number of pyridine rings is 1. The molecule has 0 bridgehead atoms. The van der Waals surface area contributed by atoms with Crippen LogP contribution in [0.2, 0.25) is 0 Å².